The zero-order valence-electron chi connectivity index (χ0n) is 30.4. The van der Waals surface area contributed by atoms with Crippen LogP contribution in [0.4, 0.5) is 10.7 Å². The van der Waals surface area contributed by atoms with E-state index < -0.39 is 0 Å². The van der Waals surface area contributed by atoms with Crippen molar-refractivity contribution in [1.29, 1.82) is 0 Å². The molecule has 16 heteroatoms. The molecule has 2 aliphatic heterocycles. The first-order valence-corrected chi connectivity index (χ1v) is 20.6. The average Bonchev–Trinajstić information content (AvgIpc) is 3.63. The van der Waals surface area contributed by atoms with E-state index in [1.165, 1.54) is 18.5 Å². The molecule has 0 unspecified atom stereocenters. The van der Waals surface area contributed by atoms with Crippen molar-refractivity contribution in [2.45, 2.75) is 100 Å². The van der Waals surface area contributed by atoms with Crippen LogP contribution in [0.2, 0.25) is 5.02 Å². The number of fused-ring (bicyclic) bond motifs is 1. The van der Waals surface area contributed by atoms with E-state index in [0.29, 0.717) is 80.9 Å². The van der Waals surface area contributed by atoms with E-state index in [-0.39, 0.29) is 24.0 Å². The fraction of sp³-hybridized carbons (Fsp3) is 0.750. The Hall–Kier alpha value is -2.69. The van der Waals surface area contributed by atoms with Gasteiger partial charge in [-0.15, -0.1) is 0 Å². The molecule has 4 heterocycles. The van der Waals surface area contributed by atoms with E-state index in [2.05, 4.69) is 36.7 Å². The minimum absolute atomic E-state index is 0.0541. The number of aromatic nitrogens is 4. The van der Waals surface area contributed by atoms with Gasteiger partial charge in [0.2, 0.25) is 11.9 Å². The van der Waals surface area contributed by atoms with Gasteiger partial charge in [-0.2, -0.15) is 16.9 Å². The standard InChI is InChI=1S/C36H56ClN9O5S/c1-46-30(20-24-6-7-24)27(21-41-46)33-28(37)22-40-35(44-33)42-26-10-8-25(9-11-26)38-12-14-49-16-18-51-19-17-50-15-13-39-32(47)5-3-2-4-31-34-29(23-52-31)43-36(48)45-34/h21-22,24-26,29,31,34,38H,2-20,23H2,1H3,(H,39,47)(H,40,42,44)(H2,43,45,48)/t25?,26?,29-,31-,34-/m0/s1. The summed E-state index contributed by atoms with van der Waals surface area (Å²) in [6.45, 7) is 4.48. The first-order chi connectivity index (χ1) is 25.4. The first-order valence-electron chi connectivity index (χ1n) is 19.1. The molecule has 4 aliphatic rings. The van der Waals surface area contributed by atoms with Gasteiger partial charge in [0.25, 0.3) is 0 Å². The molecule has 4 fully saturated rings. The molecule has 0 bridgehead atoms. The van der Waals surface area contributed by atoms with Crippen molar-refractivity contribution in [2.24, 2.45) is 13.0 Å². The topological polar surface area (TPSA) is 166 Å². The number of anilines is 1. The van der Waals surface area contributed by atoms with E-state index in [4.69, 9.17) is 30.8 Å². The normalized spacial score (nSPS) is 24.0. The summed E-state index contributed by atoms with van der Waals surface area (Å²) in [4.78, 5) is 32.9. The molecular weight excluding hydrogens is 706 g/mol. The summed E-state index contributed by atoms with van der Waals surface area (Å²) in [6, 6.07) is 1.23. The van der Waals surface area contributed by atoms with Crippen LogP contribution in [0.3, 0.4) is 0 Å². The molecule has 52 heavy (non-hydrogen) atoms. The van der Waals surface area contributed by atoms with Gasteiger partial charge >= 0.3 is 6.03 Å². The number of urea groups is 1. The van der Waals surface area contributed by atoms with Crippen LogP contribution >= 0.6 is 23.4 Å². The predicted molar refractivity (Wildman–Crippen MR) is 203 cm³/mol. The molecule has 2 aromatic rings. The monoisotopic (exact) mass is 761 g/mol. The van der Waals surface area contributed by atoms with Crippen molar-refractivity contribution < 1.29 is 23.8 Å². The number of thioether (sulfide) groups is 1. The van der Waals surface area contributed by atoms with Gasteiger partial charge in [-0.3, -0.25) is 9.48 Å². The molecule has 0 radical (unpaired) electrons. The van der Waals surface area contributed by atoms with E-state index in [1.54, 1.807) is 6.20 Å². The van der Waals surface area contributed by atoms with E-state index >= 15 is 0 Å². The Morgan fingerprint density at radius 3 is 2.46 bits per heavy atom. The number of rotatable bonds is 23. The summed E-state index contributed by atoms with van der Waals surface area (Å²) in [7, 11) is 1.99. The van der Waals surface area contributed by atoms with Crippen molar-refractivity contribution in [3.05, 3.63) is 23.1 Å². The van der Waals surface area contributed by atoms with E-state index in [1.807, 2.05) is 29.7 Å². The summed E-state index contributed by atoms with van der Waals surface area (Å²) in [5, 5.41) is 21.6. The van der Waals surface area contributed by atoms with Gasteiger partial charge < -0.3 is 40.8 Å². The number of carbonyl (C=O) groups is 2. The minimum Gasteiger partial charge on any atom is -0.378 e. The van der Waals surface area contributed by atoms with Crippen LogP contribution in [0.25, 0.3) is 11.3 Å². The highest BCUT2D eigenvalue weighted by Gasteiger charge is 2.42. The van der Waals surface area contributed by atoms with E-state index in [9.17, 15) is 9.59 Å². The summed E-state index contributed by atoms with van der Waals surface area (Å²) >= 11 is 8.47. The molecule has 2 saturated carbocycles. The maximum absolute atomic E-state index is 12.1. The molecule has 3 amide bonds. The van der Waals surface area contributed by atoms with Crippen LogP contribution in [-0.2, 0) is 32.5 Å². The molecule has 14 nitrogen and oxygen atoms in total. The lowest BCUT2D eigenvalue weighted by Gasteiger charge is -2.29. The van der Waals surface area contributed by atoms with Crippen molar-refractivity contribution >= 4 is 41.2 Å². The number of unbranched alkanes of at least 4 members (excludes halogenated alkanes) is 1. The van der Waals surface area contributed by atoms with Crippen molar-refractivity contribution in [3.63, 3.8) is 0 Å². The van der Waals surface area contributed by atoms with Crippen molar-refractivity contribution in [3.8, 4) is 11.3 Å². The second-order valence-corrected chi connectivity index (χ2v) is 16.0. The summed E-state index contributed by atoms with van der Waals surface area (Å²) in [5.74, 6) is 2.39. The quantitative estimate of drug-likeness (QED) is 0.0829. The Morgan fingerprint density at radius 2 is 1.69 bits per heavy atom. The number of nitrogens with zero attached hydrogens (tertiary/aromatic N) is 4. The molecule has 2 aliphatic carbocycles. The van der Waals surface area contributed by atoms with Gasteiger partial charge in [-0.25, -0.2) is 14.8 Å². The van der Waals surface area contributed by atoms with Gasteiger partial charge in [-0.1, -0.05) is 18.0 Å². The molecule has 2 aromatic heterocycles. The number of carbonyl (C=O) groups excluding carboxylic acids is 2. The van der Waals surface area contributed by atoms with Gasteiger partial charge in [0, 0.05) is 60.9 Å². The number of hydrogen-bond acceptors (Lipinski definition) is 11. The Bertz CT molecular complexity index is 1440. The first kappa shape index (κ1) is 39.0. The fourth-order valence-corrected chi connectivity index (χ4v) is 8.99. The van der Waals surface area contributed by atoms with E-state index in [0.717, 1.165) is 80.8 Å². The minimum atomic E-state index is -0.0541. The largest absolute Gasteiger partial charge is 0.378 e. The lowest BCUT2D eigenvalue weighted by molar-refractivity contribution is -0.121. The lowest BCUT2D eigenvalue weighted by atomic mass is 9.91. The highest BCUT2D eigenvalue weighted by Crippen LogP contribution is 2.37. The summed E-state index contributed by atoms with van der Waals surface area (Å²) in [5.41, 5.74) is 2.95. The number of halogens is 1. The molecule has 3 atom stereocenters. The van der Waals surface area contributed by atoms with Crippen LogP contribution in [0.5, 0.6) is 0 Å². The molecule has 2 saturated heterocycles. The number of aryl methyl sites for hydroxylation is 1. The van der Waals surface area contributed by atoms with Crippen LogP contribution in [-0.4, -0.2) is 120 Å². The van der Waals surface area contributed by atoms with Gasteiger partial charge in [0.1, 0.15) is 0 Å². The third-order valence-electron chi connectivity index (χ3n) is 10.4. The molecule has 6 rings (SSSR count). The molecular formula is C36H56ClN9O5S. The third-order valence-corrected chi connectivity index (χ3v) is 12.2. The Morgan fingerprint density at radius 1 is 0.962 bits per heavy atom. The van der Waals surface area contributed by atoms with Crippen molar-refractivity contribution in [2.75, 3.05) is 63.8 Å². The average molecular weight is 762 g/mol. The lowest BCUT2D eigenvalue weighted by Crippen LogP contribution is -2.38. The second kappa shape index (κ2) is 20.1. The number of hydrogen-bond donors (Lipinski definition) is 5. The zero-order valence-corrected chi connectivity index (χ0v) is 31.9. The fourth-order valence-electron chi connectivity index (χ4n) is 7.25. The predicted octanol–water partition coefficient (Wildman–Crippen LogP) is 3.69. The highest BCUT2D eigenvalue weighted by molar-refractivity contribution is 8.00. The maximum atomic E-state index is 12.1. The van der Waals surface area contributed by atoms with Crippen LogP contribution in [0.15, 0.2) is 12.4 Å². The van der Waals surface area contributed by atoms with Crippen LogP contribution in [0.1, 0.15) is 69.9 Å². The van der Waals surface area contributed by atoms with Crippen LogP contribution < -0.4 is 26.6 Å². The highest BCUT2D eigenvalue weighted by atomic mass is 35.5. The molecule has 288 valence electrons. The smallest absolute Gasteiger partial charge is 0.315 e. The Balaban J connectivity index is 0.717. The van der Waals surface area contributed by atoms with Crippen LogP contribution in [0, 0.1) is 5.92 Å². The van der Waals surface area contributed by atoms with Gasteiger partial charge in [0.15, 0.2) is 0 Å². The molecule has 0 spiro atoms. The SMILES string of the molecule is Cn1ncc(-c2nc(NC3CCC(NCCOCCOCCOCCNC(=O)CCCC[C@@H]4SC[C@@H]5NC(=O)N[C@@H]54)CC3)ncc2Cl)c1CC1CC1. The second-order valence-electron chi connectivity index (χ2n) is 14.4. The zero-order chi connectivity index (χ0) is 36.1. The number of amides is 3. The Labute approximate surface area is 316 Å². The third kappa shape index (κ3) is 11.9. The molecule has 0 aromatic carbocycles. The van der Waals surface area contributed by atoms with Crippen molar-refractivity contribution in [1.82, 2.24) is 41.0 Å². The number of nitrogens with one attached hydrogen (secondary N) is 5. The molecule has 5 N–H and O–H groups in total. The number of ether oxygens (including phenoxy) is 3. The Kier molecular flexibility index (Phi) is 15.1. The van der Waals surface area contributed by atoms with Gasteiger partial charge in [-0.05, 0) is 63.7 Å². The maximum Gasteiger partial charge on any atom is 0.315 e. The summed E-state index contributed by atoms with van der Waals surface area (Å²) in [6.07, 6.45) is 14.8. The summed E-state index contributed by atoms with van der Waals surface area (Å²) < 4.78 is 18.9. The van der Waals surface area contributed by atoms with Gasteiger partial charge in [0.05, 0.1) is 74.8 Å².